The second-order valence-corrected chi connectivity index (χ2v) is 4.52. The number of thiophene rings is 1. The van der Waals surface area contributed by atoms with Crippen molar-refractivity contribution in [3.63, 3.8) is 0 Å². The van der Waals surface area contributed by atoms with Gasteiger partial charge in [-0.3, -0.25) is 0 Å². The summed E-state index contributed by atoms with van der Waals surface area (Å²) >= 11 is 1.78. The van der Waals surface area contributed by atoms with Gasteiger partial charge in [0.05, 0.1) is 0 Å². The lowest BCUT2D eigenvalue weighted by Gasteiger charge is -2.02. The van der Waals surface area contributed by atoms with Crippen molar-refractivity contribution in [2.75, 3.05) is 6.54 Å². The summed E-state index contributed by atoms with van der Waals surface area (Å²) < 4.78 is 0. The molecule has 15 heavy (non-hydrogen) atoms. The van der Waals surface area contributed by atoms with E-state index in [9.17, 15) is 0 Å². The molecule has 0 aliphatic heterocycles. The molecular weight excluding hydrogens is 202 g/mol. The van der Waals surface area contributed by atoms with Crippen LogP contribution in [0.2, 0.25) is 0 Å². The molecule has 0 fully saturated rings. The maximum atomic E-state index is 5.51. The lowest BCUT2D eigenvalue weighted by Crippen LogP contribution is -2.00. The van der Waals surface area contributed by atoms with Crippen molar-refractivity contribution >= 4 is 11.3 Å². The van der Waals surface area contributed by atoms with E-state index in [4.69, 9.17) is 5.73 Å². The van der Waals surface area contributed by atoms with E-state index >= 15 is 0 Å². The molecule has 0 aliphatic rings. The molecule has 0 bridgehead atoms. The molecule has 0 saturated heterocycles. The molecule has 1 nitrogen and oxygen atoms in total. The van der Waals surface area contributed by atoms with Gasteiger partial charge in [0.25, 0.3) is 0 Å². The first-order valence-corrected chi connectivity index (χ1v) is 6.11. The maximum absolute atomic E-state index is 5.51. The van der Waals surface area contributed by atoms with Gasteiger partial charge in [-0.1, -0.05) is 30.3 Å². The first-order valence-electron chi connectivity index (χ1n) is 5.23. The van der Waals surface area contributed by atoms with Gasteiger partial charge >= 0.3 is 0 Å². The van der Waals surface area contributed by atoms with Gasteiger partial charge in [-0.15, -0.1) is 11.3 Å². The second-order valence-electron chi connectivity index (χ2n) is 3.57. The smallest absolute Gasteiger partial charge is 0.0342 e. The number of benzene rings is 1. The van der Waals surface area contributed by atoms with Gasteiger partial charge < -0.3 is 5.73 Å². The molecule has 2 aromatic rings. The fourth-order valence-corrected chi connectivity index (χ4v) is 2.35. The molecule has 0 radical (unpaired) electrons. The first-order chi connectivity index (χ1) is 7.40. The Morgan fingerprint density at radius 2 is 2.07 bits per heavy atom. The fraction of sp³-hybridized carbons (Fsp3) is 0.231. The van der Waals surface area contributed by atoms with Crippen molar-refractivity contribution in [1.29, 1.82) is 0 Å². The van der Waals surface area contributed by atoms with Gasteiger partial charge in [-0.25, -0.2) is 0 Å². The minimum Gasteiger partial charge on any atom is -0.330 e. The zero-order valence-electron chi connectivity index (χ0n) is 8.65. The Morgan fingerprint density at radius 1 is 1.13 bits per heavy atom. The third kappa shape index (κ3) is 2.67. The van der Waals surface area contributed by atoms with E-state index in [0.29, 0.717) is 0 Å². The van der Waals surface area contributed by atoms with E-state index in [2.05, 4.69) is 41.8 Å². The monoisotopic (exact) mass is 217 g/mol. The Bertz CT molecular complexity index is 406. The average Bonchev–Trinajstić information content (AvgIpc) is 2.80. The van der Waals surface area contributed by atoms with Crippen LogP contribution in [-0.2, 0) is 6.42 Å². The molecule has 2 N–H and O–H groups in total. The van der Waals surface area contributed by atoms with Crippen LogP contribution < -0.4 is 5.73 Å². The molecule has 0 amide bonds. The van der Waals surface area contributed by atoms with Crippen LogP contribution in [0.3, 0.4) is 0 Å². The standard InChI is InChI=1S/C13H15NS/c14-8-2-5-11-4-1-6-12(10-11)13-7-3-9-15-13/h1,3-4,6-7,9-10H,2,5,8,14H2. The average molecular weight is 217 g/mol. The Morgan fingerprint density at radius 3 is 2.80 bits per heavy atom. The lowest BCUT2D eigenvalue weighted by molar-refractivity contribution is 0.833. The molecule has 0 aliphatic carbocycles. The summed E-state index contributed by atoms with van der Waals surface area (Å²) in [7, 11) is 0. The van der Waals surface area contributed by atoms with Crippen LogP contribution in [0.4, 0.5) is 0 Å². The summed E-state index contributed by atoms with van der Waals surface area (Å²) in [4.78, 5) is 1.34. The lowest BCUT2D eigenvalue weighted by atomic mass is 10.1. The molecule has 0 unspecified atom stereocenters. The Balaban J connectivity index is 2.19. The van der Waals surface area contributed by atoms with Crippen LogP contribution in [0.1, 0.15) is 12.0 Å². The van der Waals surface area contributed by atoms with E-state index in [-0.39, 0.29) is 0 Å². The van der Waals surface area contributed by atoms with E-state index in [1.54, 1.807) is 11.3 Å². The van der Waals surface area contributed by atoms with Crippen LogP contribution in [0.25, 0.3) is 10.4 Å². The van der Waals surface area contributed by atoms with Crippen molar-refractivity contribution in [2.24, 2.45) is 5.73 Å². The van der Waals surface area contributed by atoms with Crippen molar-refractivity contribution in [2.45, 2.75) is 12.8 Å². The van der Waals surface area contributed by atoms with Crippen LogP contribution in [0, 0.1) is 0 Å². The van der Waals surface area contributed by atoms with Gasteiger partial charge in [0.1, 0.15) is 0 Å². The first kappa shape index (κ1) is 10.4. The topological polar surface area (TPSA) is 26.0 Å². The SMILES string of the molecule is NCCCc1cccc(-c2cccs2)c1. The maximum Gasteiger partial charge on any atom is 0.0342 e. The number of hydrogen-bond acceptors (Lipinski definition) is 2. The molecular formula is C13H15NS. The predicted molar refractivity (Wildman–Crippen MR) is 67.1 cm³/mol. The van der Waals surface area contributed by atoms with Crippen LogP contribution in [0.15, 0.2) is 41.8 Å². The van der Waals surface area contributed by atoms with Crippen LogP contribution >= 0.6 is 11.3 Å². The quantitative estimate of drug-likeness (QED) is 0.835. The van der Waals surface area contributed by atoms with E-state index in [1.807, 2.05) is 0 Å². The summed E-state index contributed by atoms with van der Waals surface area (Å²) in [6.07, 6.45) is 2.14. The highest BCUT2D eigenvalue weighted by Crippen LogP contribution is 2.25. The summed E-state index contributed by atoms with van der Waals surface area (Å²) in [5.41, 5.74) is 8.21. The molecule has 2 rings (SSSR count). The van der Waals surface area contributed by atoms with Crippen LogP contribution in [-0.4, -0.2) is 6.54 Å². The molecule has 0 atom stereocenters. The van der Waals surface area contributed by atoms with Crippen molar-refractivity contribution in [3.8, 4) is 10.4 Å². The normalized spacial score (nSPS) is 10.5. The Kier molecular flexibility index (Phi) is 3.54. The van der Waals surface area contributed by atoms with Crippen molar-refractivity contribution < 1.29 is 0 Å². The molecule has 0 spiro atoms. The summed E-state index contributed by atoms with van der Waals surface area (Å²) in [6, 6.07) is 13.0. The van der Waals surface area contributed by atoms with E-state index in [0.717, 1.165) is 19.4 Å². The van der Waals surface area contributed by atoms with Gasteiger partial charge in [-0.05, 0) is 42.0 Å². The highest BCUT2D eigenvalue weighted by atomic mass is 32.1. The number of aryl methyl sites for hydroxylation is 1. The van der Waals surface area contributed by atoms with Gasteiger partial charge in [0.2, 0.25) is 0 Å². The molecule has 1 heterocycles. The second kappa shape index (κ2) is 5.10. The number of nitrogens with two attached hydrogens (primary N) is 1. The van der Waals surface area contributed by atoms with Crippen molar-refractivity contribution in [1.82, 2.24) is 0 Å². The van der Waals surface area contributed by atoms with Gasteiger partial charge in [-0.2, -0.15) is 0 Å². The third-order valence-corrected chi connectivity index (χ3v) is 3.32. The Labute approximate surface area is 94.6 Å². The molecule has 1 aromatic carbocycles. The third-order valence-electron chi connectivity index (χ3n) is 2.40. The van der Waals surface area contributed by atoms with E-state index < -0.39 is 0 Å². The molecule has 0 saturated carbocycles. The van der Waals surface area contributed by atoms with Crippen LogP contribution in [0.5, 0.6) is 0 Å². The Hall–Kier alpha value is -1.12. The molecule has 1 aromatic heterocycles. The number of hydrogen-bond donors (Lipinski definition) is 1. The molecule has 78 valence electrons. The van der Waals surface area contributed by atoms with Gasteiger partial charge in [0.15, 0.2) is 0 Å². The van der Waals surface area contributed by atoms with Crippen molar-refractivity contribution in [3.05, 3.63) is 47.3 Å². The largest absolute Gasteiger partial charge is 0.330 e. The predicted octanol–water partition coefficient (Wildman–Crippen LogP) is 3.31. The fourth-order valence-electron chi connectivity index (χ4n) is 1.63. The zero-order valence-corrected chi connectivity index (χ0v) is 9.46. The summed E-state index contributed by atoms with van der Waals surface area (Å²) in [6.45, 7) is 0.767. The minimum absolute atomic E-state index is 0.767. The summed E-state index contributed by atoms with van der Waals surface area (Å²) in [5.74, 6) is 0. The van der Waals surface area contributed by atoms with E-state index in [1.165, 1.54) is 16.0 Å². The molecule has 2 heteroatoms. The minimum atomic E-state index is 0.767. The summed E-state index contributed by atoms with van der Waals surface area (Å²) in [5, 5.41) is 2.11. The highest BCUT2D eigenvalue weighted by molar-refractivity contribution is 7.13. The number of rotatable bonds is 4. The van der Waals surface area contributed by atoms with Gasteiger partial charge in [0, 0.05) is 4.88 Å². The zero-order chi connectivity index (χ0) is 10.5. The highest BCUT2D eigenvalue weighted by Gasteiger charge is 1.99.